The number of piperazine rings is 1. The first-order valence-electron chi connectivity index (χ1n) is 7.34. The summed E-state index contributed by atoms with van der Waals surface area (Å²) in [6.07, 6.45) is 6.32. The fraction of sp³-hybridized carbons (Fsp3) is 0.800. The van der Waals surface area contributed by atoms with E-state index in [9.17, 15) is 4.79 Å². The lowest BCUT2D eigenvalue weighted by Crippen LogP contribution is -2.50. The van der Waals surface area contributed by atoms with E-state index in [-0.39, 0.29) is 5.92 Å². The summed E-state index contributed by atoms with van der Waals surface area (Å²) in [6.45, 7) is 12.8. The maximum atomic E-state index is 12.4. The zero-order valence-corrected chi connectivity index (χ0v) is 12.0. The third-order valence-corrected chi connectivity index (χ3v) is 3.82. The largest absolute Gasteiger partial charge is 0.340 e. The van der Waals surface area contributed by atoms with E-state index in [4.69, 9.17) is 0 Å². The fourth-order valence-electron chi connectivity index (χ4n) is 2.54. The van der Waals surface area contributed by atoms with Crippen molar-refractivity contribution in [3.05, 3.63) is 12.7 Å². The molecule has 1 amide bonds. The number of hydrogen-bond acceptors (Lipinski definition) is 2. The van der Waals surface area contributed by atoms with Gasteiger partial charge in [-0.1, -0.05) is 32.8 Å². The van der Waals surface area contributed by atoms with Crippen molar-refractivity contribution in [1.29, 1.82) is 0 Å². The predicted octanol–water partition coefficient (Wildman–Crippen LogP) is 2.53. The summed E-state index contributed by atoms with van der Waals surface area (Å²) in [5.74, 6) is 0.625. The Balaban J connectivity index is 2.40. The SMILES string of the molecule is C=CCN1CCN(C(=O)[C@@H](CC)CCCC)CC1. The van der Waals surface area contributed by atoms with E-state index >= 15 is 0 Å². The Morgan fingerprint density at radius 2 is 1.94 bits per heavy atom. The summed E-state index contributed by atoms with van der Waals surface area (Å²) in [4.78, 5) is 16.8. The van der Waals surface area contributed by atoms with Crippen LogP contribution in [0.5, 0.6) is 0 Å². The standard InChI is InChI=1S/C15H28N2O/c1-4-7-8-14(6-3)15(18)17-12-10-16(9-5-2)11-13-17/h5,14H,2,4,6-13H2,1,3H3/t14-/m0/s1. The third kappa shape index (κ3) is 4.45. The second-order valence-electron chi connectivity index (χ2n) is 5.16. The topological polar surface area (TPSA) is 23.6 Å². The lowest BCUT2D eigenvalue weighted by molar-refractivity contribution is -0.137. The van der Waals surface area contributed by atoms with Gasteiger partial charge in [0.25, 0.3) is 0 Å². The second-order valence-corrected chi connectivity index (χ2v) is 5.16. The van der Waals surface area contributed by atoms with Crippen molar-refractivity contribution in [2.24, 2.45) is 5.92 Å². The van der Waals surface area contributed by atoms with Crippen molar-refractivity contribution in [2.45, 2.75) is 39.5 Å². The average Bonchev–Trinajstić information content (AvgIpc) is 2.40. The Morgan fingerprint density at radius 1 is 1.28 bits per heavy atom. The second kappa shape index (κ2) is 8.30. The van der Waals surface area contributed by atoms with Crippen LogP contribution < -0.4 is 0 Å². The lowest BCUT2D eigenvalue weighted by atomic mass is 9.97. The molecular formula is C15H28N2O. The number of nitrogens with zero attached hydrogens (tertiary/aromatic N) is 2. The van der Waals surface area contributed by atoms with Gasteiger partial charge in [0.1, 0.15) is 0 Å². The molecule has 0 aromatic rings. The molecule has 0 aromatic heterocycles. The molecule has 0 radical (unpaired) electrons. The van der Waals surface area contributed by atoms with Crippen LogP contribution in [0.25, 0.3) is 0 Å². The summed E-state index contributed by atoms with van der Waals surface area (Å²) in [5, 5.41) is 0. The monoisotopic (exact) mass is 252 g/mol. The van der Waals surface area contributed by atoms with Crippen LogP contribution in [0.15, 0.2) is 12.7 Å². The summed E-state index contributed by atoms with van der Waals surface area (Å²) in [6, 6.07) is 0. The highest BCUT2D eigenvalue weighted by molar-refractivity contribution is 5.78. The van der Waals surface area contributed by atoms with Gasteiger partial charge in [0.15, 0.2) is 0 Å². The van der Waals surface area contributed by atoms with Crippen LogP contribution in [-0.4, -0.2) is 48.4 Å². The normalized spacial score (nSPS) is 18.7. The van der Waals surface area contributed by atoms with Gasteiger partial charge < -0.3 is 4.90 Å². The van der Waals surface area contributed by atoms with Gasteiger partial charge in [0.05, 0.1) is 0 Å². The molecule has 1 aliphatic rings. The van der Waals surface area contributed by atoms with Crippen molar-refractivity contribution in [1.82, 2.24) is 9.80 Å². The number of rotatable bonds is 7. The summed E-state index contributed by atoms with van der Waals surface area (Å²) in [7, 11) is 0. The minimum Gasteiger partial charge on any atom is -0.340 e. The van der Waals surface area contributed by atoms with Gasteiger partial charge in [-0.15, -0.1) is 6.58 Å². The Morgan fingerprint density at radius 3 is 2.44 bits per heavy atom. The number of unbranched alkanes of at least 4 members (excludes halogenated alkanes) is 1. The Kier molecular flexibility index (Phi) is 7.02. The van der Waals surface area contributed by atoms with E-state index in [0.29, 0.717) is 5.91 Å². The summed E-state index contributed by atoms with van der Waals surface area (Å²) < 4.78 is 0. The Bertz CT molecular complexity index is 257. The average molecular weight is 252 g/mol. The van der Waals surface area contributed by atoms with Gasteiger partial charge in [0.2, 0.25) is 5.91 Å². The molecule has 0 spiro atoms. The molecule has 104 valence electrons. The van der Waals surface area contributed by atoms with Crippen molar-refractivity contribution >= 4 is 5.91 Å². The molecule has 0 aromatic carbocycles. The van der Waals surface area contributed by atoms with Gasteiger partial charge in [-0.3, -0.25) is 9.69 Å². The van der Waals surface area contributed by atoms with Gasteiger partial charge in [-0.2, -0.15) is 0 Å². The van der Waals surface area contributed by atoms with E-state index < -0.39 is 0 Å². The number of amides is 1. The minimum absolute atomic E-state index is 0.246. The molecule has 0 unspecified atom stereocenters. The van der Waals surface area contributed by atoms with Crippen LogP contribution in [-0.2, 0) is 4.79 Å². The summed E-state index contributed by atoms with van der Waals surface area (Å²) in [5.41, 5.74) is 0. The lowest BCUT2D eigenvalue weighted by Gasteiger charge is -2.36. The van der Waals surface area contributed by atoms with E-state index in [1.165, 1.54) is 12.8 Å². The first-order chi connectivity index (χ1) is 8.72. The molecule has 0 saturated carbocycles. The van der Waals surface area contributed by atoms with E-state index in [1.54, 1.807) is 0 Å². The van der Waals surface area contributed by atoms with Crippen molar-refractivity contribution in [3.8, 4) is 0 Å². The van der Waals surface area contributed by atoms with Crippen LogP contribution >= 0.6 is 0 Å². The molecule has 3 heteroatoms. The molecule has 1 saturated heterocycles. The molecule has 1 atom stereocenters. The van der Waals surface area contributed by atoms with Crippen LogP contribution in [0.3, 0.4) is 0 Å². The van der Waals surface area contributed by atoms with E-state index in [1.807, 2.05) is 6.08 Å². The Hall–Kier alpha value is -0.830. The fourth-order valence-corrected chi connectivity index (χ4v) is 2.54. The van der Waals surface area contributed by atoms with Crippen molar-refractivity contribution < 1.29 is 4.79 Å². The van der Waals surface area contributed by atoms with Crippen LogP contribution in [0.1, 0.15) is 39.5 Å². The van der Waals surface area contributed by atoms with Crippen LogP contribution in [0.2, 0.25) is 0 Å². The van der Waals surface area contributed by atoms with E-state index in [0.717, 1.165) is 45.6 Å². The van der Waals surface area contributed by atoms with Crippen LogP contribution in [0, 0.1) is 5.92 Å². The highest BCUT2D eigenvalue weighted by Crippen LogP contribution is 2.17. The minimum atomic E-state index is 0.246. The van der Waals surface area contributed by atoms with Gasteiger partial charge >= 0.3 is 0 Å². The molecule has 18 heavy (non-hydrogen) atoms. The molecule has 0 bridgehead atoms. The van der Waals surface area contributed by atoms with Gasteiger partial charge in [-0.25, -0.2) is 0 Å². The molecule has 0 N–H and O–H groups in total. The highest BCUT2D eigenvalue weighted by Gasteiger charge is 2.25. The maximum Gasteiger partial charge on any atom is 0.225 e. The highest BCUT2D eigenvalue weighted by atomic mass is 16.2. The number of carbonyl (C=O) groups is 1. The maximum absolute atomic E-state index is 12.4. The van der Waals surface area contributed by atoms with Crippen molar-refractivity contribution in [2.75, 3.05) is 32.7 Å². The zero-order chi connectivity index (χ0) is 13.4. The van der Waals surface area contributed by atoms with Crippen LogP contribution in [0.4, 0.5) is 0 Å². The number of carbonyl (C=O) groups excluding carboxylic acids is 1. The molecule has 3 nitrogen and oxygen atoms in total. The molecule has 1 heterocycles. The zero-order valence-electron chi connectivity index (χ0n) is 12.0. The molecule has 0 aliphatic carbocycles. The quantitative estimate of drug-likeness (QED) is 0.650. The predicted molar refractivity (Wildman–Crippen MR) is 76.5 cm³/mol. The molecule has 1 aliphatic heterocycles. The Labute approximate surface area is 112 Å². The number of hydrogen-bond donors (Lipinski definition) is 0. The smallest absolute Gasteiger partial charge is 0.225 e. The molecule has 1 rings (SSSR count). The first kappa shape index (κ1) is 15.2. The van der Waals surface area contributed by atoms with E-state index in [2.05, 4.69) is 30.2 Å². The summed E-state index contributed by atoms with van der Waals surface area (Å²) >= 11 is 0. The van der Waals surface area contributed by atoms with Gasteiger partial charge in [0, 0.05) is 38.6 Å². The van der Waals surface area contributed by atoms with Crippen molar-refractivity contribution in [3.63, 3.8) is 0 Å². The van der Waals surface area contributed by atoms with Gasteiger partial charge in [-0.05, 0) is 12.8 Å². The third-order valence-electron chi connectivity index (χ3n) is 3.82. The molecular weight excluding hydrogens is 224 g/mol. The first-order valence-corrected chi connectivity index (χ1v) is 7.34. The molecule has 1 fully saturated rings.